The first-order chi connectivity index (χ1) is 9.43. The third-order valence-corrected chi connectivity index (χ3v) is 3.61. The molecule has 98 valence electrons. The first kappa shape index (κ1) is 12.1. The van der Waals surface area contributed by atoms with Crippen LogP contribution in [0, 0.1) is 0 Å². The first-order valence-corrected chi connectivity index (χ1v) is 6.84. The van der Waals surface area contributed by atoms with E-state index in [1.807, 2.05) is 12.3 Å². The zero-order valence-electron chi connectivity index (χ0n) is 10.2. The minimum atomic E-state index is 0.651. The van der Waals surface area contributed by atoms with Crippen LogP contribution >= 0.6 is 11.3 Å². The van der Waals surface area contributed by atoms with Crippen LogP contribution < -0.4 is 5.32 Å². The molecule has 0 aliphatic heterocycles. The van der Waals surface area contributed by atoms with Crippen LogP contribution in [-0.2, 0) is 13.0 Å². The molecule has 2 N–H and O–H groups in total. The lowest BCUT2D eigenvalue weighted by Crippen LogP contribution is -2.16. The van der Waals surface area contributed by atoms with Gasteiger partial charge in [0.15, 0.2) is 6.33 Å². The number of aromatic amines is 1. The molecule has 0 aliphatic rings. The van der Waals surface area contributed by atoms with Crippen LogP contribution in [0.2, 0.25) is 0 Å². The van der Waals surface area contributed by atoms with Crippen molar-refractivity contribution in [2.45, 2.75) is 13.0 Å². The van der Waals surface area contributed by atoms with E-state index in [-0.39, 0.29) is 0 Å². The summed E-state index contributed by atoms with van der Waals surface area (Å²) >= 11 is 1.70. The van der Waals surface area contributed by atoms with Gasteiger partial charge < -0.3 is 9.84 Å². The number of rotatable bonds is 6. The Morgan fingerprint density at radius 3 is 3.21 bits per heavy atom. The minimum absolute atomic E-state index is 0.651. The molecule has 6 nitrogen and oxygen atoms in total. The zero-order valence-corrected chi connectivity index (χ0v) is 11.0. The molecule has 19 heavy (non-hydrogen) atoms. The third kappa shape index (κ3) is 2.88. The van der Waals surface area contributed by atoms with Gasteiger partial charge in [-0.05, 0) is 11.4 Å². The predicted molar refractivity (Wildman–Crippen MR) is 71.6 cm³/mol. The smallest absolute Gasteiger partial charge is 0.227 e. The van der Waals surface area contributed by atoms with Gasteiger partial charge in [0.1, 0.15) is 0 Å². The molecule has 0 unspecified atom stereocenters. The summed E-state index contributed by atoms with van der Waals surface area (Å²) < 4.78 is 4.94. The zero-order chi connectivity index (χ0) is 12.9. The maximum atomic E-state index is 4.94. The van der Waals surface area contributed by atoms with E-state index in [2.05, 4.69) is 37.1 Å². The molecule has 7 heteroatoms. The quantitative estimate of drug-likeness (QED) is 0.671. The minimum Gasteiger partial charge on any atom is -0.340 e. The van der Waals surface area contributed by atoms with Crippen molar-refractivity contribution in [3.8, 4) is 10.6 Å². The summed E-state index contributed by atoms with van der Waals surface area (Å²) in [5.74, 6) is 0.651. The van der Waals surface area contributed by atoms with Crippen molar-refractivity contribution in [1.29, 1.82) is 0 Å². The van der Waals surface area contributed by atoms with Crippen molar-refractivity contribution < 1.29 is 4.52 Å². The highest BCUT2D eigenvalue weighted by atomic mass is 32.1. The highest BCUT2D eigenvalue weighted by molar-refractivity contribution is 7.13. The Morgan fingerprint density at radius 2 is 2.42 bits per heavy atom. The van der Waals surface area contributed by atoms with Gasteiger partial charge in [-0.1, -0.05) is 11.2 Å². The lowest BCUT2D eigenvalue weighted by atomic mass is 10.2. The summed E-state index contributed by atoms with van der Waals surface area (Å²) in [6.07, 6.45) is 4.00. The molecule has 3 rings (SSSR count). The van der Waals surface area contributed by atoms with Crippen molar-refractivity contribution in [3.63, 3.8) is 0 Å². The second-order valence-electron chi connectivity index (χ2n) is 4.01. The molecule has 0 bridgehead atoms. The second kappa shape index (κ2) is 5.77. The van der Waals surface area contributed by atoms with Crippen molar-refractivity contribution in [2.75, 3.05) is 6.54 Å². The van der Waals surface area contributed by atoms with Crippen molar-refractivity contribution in [3.05, 3.63) is 41.5 Å². The molecule has 3 heterocycles. The van der Waals surface area contributed by atoms with E-state index in [1.165, 1.54) is 11.2 Å². The Labute approximate surface area is 113 Å². The second-order valence-corrected chi connectivity index (χ2v) is 4.96. The number of H-pyrrole nitrogens is 1. The van der Waals surface area contributed by atoms with E-state index in [9.17, 15) is 0 Å². The summed E-state index contributed by atoms with van der Waals surface area (Å²) in [6.45, 7) is 1.55. The molecule has 3 aromatic heterocycles. The first-order valence-electron chi connectivity index (χ1n) is 5.96. The van der Waals surface area contributed by atoms with E-state index >= 15 is 0 Å². The van der Waals surface area contributed by atoms with Gasteiger partial charge in [-0.2, -0.15) is 10.1 Å². The van der Waals surface area contributed by atoms with Gasteiger partial charge in [-0.15, -0.1) is 11.3 Å². The highest BCUT2D eigenvalue weighted by Crippen LogP contribution is 2.25. The van der Waals surface area contributed by atoms with Crippen molar-refractivity contribution in [2.24, 2.45) is 0 Å². The predicted octanol–water partition coefficient (Wildman–Crippen LogP) is 1.85. The van der Waals surface area contributed by atoms with E-state index in [1.54, 1.807) is 11.3 Å². The summed E-state index contributed by atoms with van der Waals surface area (Å²) in [4.78, 5) is 5.17. The number of nitrogens with one attached hydrogen (secondary N) is 2. The number of aromatic nitrogens is 4. The Morgan fingerprint density at radius 1 is 1.42 bits per heavy atom. The lowest BCUT2D eigenvalue weighted by molar-refractivity contribution is 0.375. The fourth-order valence-electron chi connectivity index (χ4n) is 1.80. The molecule has 0 saturated heterocycles. The molecule has 0 aromatic carbocycles. The highest BCUT2D eigenvalue weighted by Gasteiger charge is 2.08. The topological polar surface area (TPSA) is 79.6 Å². The monoisotopic (exact) mass is 275 g/mol. The van der Waals surface area contributed by atoms with Crippen LogP contribution in [0.3, 0.4) is 0 Å². The number of hydrogen-bond acceptors (Lipinski definition) is 6. The van der Waals surface area contributed by atoms with E-state index in [0.29, 0.717) is 5.89 Å². The molecule has 0 amide bonds. The largest absolute Gasteiger partial charge is 0.340 e. The van der Waals surface area contributed by atoms with Crippen LogP contribution in [0.4, 0.5) is 0 Å². The number of nitrogens with zero attached hydrogens (tertiary/aromatic N) is 3. The standard InChI is InChI=1S/C12H13N5OS/c1-2-10(19-5-1)12-9(7-15-17-12)6-13-4-3-11-14-8-16-18-11/h1-2,5,7-8,13H,3-4,6H2,(H,15,17). The molecule has 0 saturated carbocycles. The van der Waals surface area contributed by atoms with Gasteiger partial charge in [-0.25, -0.2) is 0 Å². The van der Waals surface area contributed by atoms with Gasteiger partial charge >= 0.3 is 0 Å². The summed E-state index contributed by atoms with van der Waals surface area (Å²) in [7, 11) is 0. The van der Waals surface area contributed by atoms with Gasteiger partial charge in [0.05, 0.1) is 16.8 Å². The summed E-state index contributed by atoms with van der Waals surface area (Å²) in [5, 5.41) is 16.1. The van der Waals surface area contributed by atoms with Crippen LogP contribution in [0.25, 0.3) is 10.6 Å². The molecular formula is C12H13N5OS. The van der Waals surface area contributed by atoms with Gasteiger partial charge in [0.2, 0.25) is 5.89 Å². The fourth-order valence-corrected chi connectivity index (χ4v) is 2.56. The van der Waals surface area contributed by atoms with Crippen LogP contribution in [-0.4, -0.2) is 26.9 Å². The van der Waals surface area contributed by atoms with E-state index in [0.717, 1.165) is 30.8 Å². The lowest BCUT2D eigenvalue weighted by Gasteiger charge is -2.03. The average molecular weight is 275 g/mol. The average Bonchev–Trinajstić information content (AvgIpc) is 3.15. The van der Waals surface area contributed by atoms with Crippen molar-refractivity contribution in [1.82, 2.24) is 25.7 Å². The third-order valence-electron chi connectivity index (χ3n) is 2.72. The number of hydrogen-bond donors (Lipinski definition) is 2. The summed E-state index contributed by atoms with van der Waals surface area (Å²) in [6, 6.07) is 4.12. The van der Waals surface area contributed by atoms with Crippen LogP contribution in [0.5, 0.6) is 0 Å². The normalized spacial score (nSPS) is 10.9. The van der Waals surface area contributed by atoms with E-state index < -0.39 is 0 Å². The molecule has 3 aromatic rings. The molecular weight excluding hydrogens is 262 g/mol. The number of thiophene rings is 1. The molecule has 0 atom stereocenters. The van der Waals surface area contributed by atoms with Gasteiger partial charge in [0, 0.05) is 25.1 Å². The molecule has 0 spiro atoms. The maximum Gasteiger partial charge on any atom is 0.227 e. The van der Waals surface area contributed by atoms with Crippen molar-refractivity contribution >= 4 is 11.3 Å². The van der Waals surface area contributed by atoms with Gasteiger partial charge in [0.25, 0.3) is 0 Å². The molecule has 0 aliphatic carbocycles. The van der Waals surface area contributed by atoms with E-state index in [4.69, 9.17) is 4.52 Å². The fraction of sp³-hybridized carbons (Fsp3) is 0.250. The van der Waals surface area contributed by atoms with Crippen LogP contribution in [0.1, 0.15) is 11.5 Å². The van der Waals surface area contributed by atoms with Crippen LogP contribution in [0.15, 0.2) is 34.6 Å². The Balaban J connectivity index is 1.55. The van der Waals surface area contributed by atoms with Gasteiger partial charge in [-0.3, -0.25) is 5.10 Å². The molecule has 0 fully saturated rings. The Hall–Kier alpha value is -1.99. The summed E-state index contributed by atoms with van der Waals surface area (Å²) in [5.41, 5.74) is 2.24. The maximum absolute atomic E-state index is 4.94. The Bertz CT molecular complexity index is 602. The SMILES string of the molecule is c1csc(-c2[nH]ncc2CNCCc2ncno2)c1. The molecule has 0 radical (unpaired) electrons. The Kier molecular flexibility index (Phi) is 3.66.